The molecule has 1 aromatic heterocycles. The molecule has 9 heteroatoms. The molecule has 156 valence electrons. The summed E-state index contributed by atoms with van der Waals surface area (Å²) in [4.78, 5) is 24.4. The Bertz CT molecular complexity index is 1020. The molecule has 2 amide bonds. The van der Waals surface area contributed by atoms with E-state index >= 15 is 0 Å². The summed E-state index contributed by atoms with van der Waals surface area (Å²) in [6.45, 7) is 2.57. The molecule has 0 aliphatic rings. The molecule has 0 radical (unpaired) electrons. The number of halogens is 2. The average molecular weight is 413 g/mol. The second kappa shape index (κ2) is 9.73. The number of hydrogen-bond donors (Lipinski definition) is 2. The van der Waals surface area contributed by atoms with E-state index < -0.39 is 23.4 Å². The van der Waals surface area contributed by atoms with Gasteiger partial charge in [-0.1, -0.05) is 29.8 Å². The maximum absolute atomic E-state index is 14.1. The molecular weight excluding hydrogens is 392 g/mol. The van der Waals surface area contributed by atoms with Crippen LogP contribution in [0.2, 0.25) is 0 Å². The highest BCUT2D eigenvalue weighted by atomic mass is 19.1. The Balaban J connectivity index is 1.59. The van der Waals surface area contributed by atoms with Crippen LogP contribution in [0.25, 0.3) is 0 Å². The highest BCUT2D eigenvalue weighted by Gasteiger charge is 2.17. The summed E-state index contributed by atoms with van der Waals surface area (Å²) in [7, 11) is 0. The summed E-state index contributed by atoms with van der Waals surface area (Å²) < 4.78 is 29.8. The predicted octanol–water partition coefficient (Wildman–Crippen LogP) is 2.87. The van der Waals surface area contributed by atoms with Gasteiger partial charge in [-0.2, -0.15) is 0 Å². The number of rotatable bonds is 8. The van der Waals surface area contributed by atoms with E-state index in [4.69, 9.17) is 0 Å². The maximum Gasteiger partial charge on any atom is 0.254 e. The molecule has 2 N–H and O–H groups in total. The molecule has 0 fully saturated rings. The number of nitrogens with one attached hydrogen (secondary N) is 2. The first kappa shape index (κ1) is 21.1. The highest BCUT2D eigenvalue weighted by Crippen LogP contribution is 2.20. The number of benzene rings is 2. The summed E-state index contributed by atoms with van der Waals surface area (Å²) >= 11 is 0. The van der Waals surface area contributed by atoms with Crippen molar-refractivity contribution in [1.29, 1.82) is 0 Å². The standard InChI is InChI=1S/C21H21F2N5O2/c1-14-2-4-15(5-3-14)6-8-24-21(30)16-10-19(18(23)11-17(16)22)27-20(29)7-9-28-12-25-26-13-28/h2-5,10-13H,6-9H2,1H3,(H,24,30)(H,27,29). The predicted molar refractivity (Wildman–Crippen MR) is 107 cm³/mol. The van der Waals surface area contributed by atoms with Crippen molar-refractivity contribution < 1.29 is 18.4 Å². The van der Waals surface area contributed by atoms with Crippen LogP contribution in [-0.4, -0.2) is 33.1 Å². The molecule has 0 bridgehead atoms. The largest absolute Gasteiger partial charge is 0.352 e. The lowest BCUT2D eigenvalue weighted by atomic mass is 10.1. The van der Waals surface area contributed by atoms with Crippen LogP contribution < -0.4 is 10.6 Å². The SMILES string of the molecule is Cc1ccc(CCNC(=O)c2cc(NC(=O)CCn3cnnc3)c(F)cc2F)cc1. The second-order valence-corrected chi connectivity index (χ2v) is 6.80. The third kappa shape index (κ3) is 5.69. The Morgan fingerprint density at radius 1 is 1.03 bits per heavy atom. The van der Waals surface area contributed by atoms with Crippen LogP contribution in [0.5, 0.6) is 0 Å². The Labute approximate surface area is 172 Å². The van der Waals surface area contributed by atoms with Gasteiger partial charge in [0.1, 0.15) is 24.3 Å². The molecule has 0 aliphatic carbocycles. The lowest BCUT2D eigenvalue weighted by molar-refractivity contribution is -0.116. The normalized spacial score (nSPS) is 10.6. The summed E-state index contributed by atoms with van der Waals surface area (Å²) in [6, 6.07) is 9.43. The van der Waals surface area contributed by atoms with Gasteiger partial charge >= 0.3 is 0 Å². The topological polar surface area (TPSA) is 88.9 Å². The number of nitrogens with zero attached hydrogens (tertiary/aromatic N) is 3. The first-order valence-electron chi connectivity index (χ1n) is 9.37. The van der Waals surface area contributed by atoms with Gasteiger partial charge in [0.15, 0.2) is 0 Å². The van der Waals surface area contributed by atoms with E-state index in [9.17, 15) is 18.4 Å². The molecule has 0 saturated carbocycles. The van der Waals surface area contributed by atoms with E-state index in [2.05, 4.69) is 20.8 Å². The summed E-state index contributed by atoms with van der Waals surface area (Å²) in [5, 5.41) is 12.2. The molecule has 7 nitrogen and oxygen atoms in total. The molecular formula is C21H21F2N5O2. The van der Waals surface area contributed by atoms with Crippen LogP contribution in [0, 0.1) is 18.6 Å². The van der Waals surface area contributed by atoms with Gasteiger partial charge in [-0.3, -0.25) is 9.59 Å². The van der Waals surface area contributed by atoms with Crippen molar-refractivity contribution in [3.8, 4) is 0 Å². The number of anilines is 1. The first-order chi connectivity index (χ1) is 14.4. The zero-order valence-electron chi connectivity index (χ0n) is 16.4. The van der Waals surface area contributed by atoms with Crippen molar-refractivity contribution in [3.63, 3.8) is 0 Å². The van der Waals surface area contributed by atoms with Crippen LogP contribution in [0.1, 0.15) is 27.9 Å². The smallest absolute Gasteiger partial charge is 0.254 e. The fraction of sp³-hybridized carbons (Fsp3) is 0.238. The molecule has 3 rings (SSSR count). The van der Waals surface area contributed by atoms with Crippen molar-refractivity contribution in [2.45, 2.75) is 26.3 Å². The summed E-state index contributed by atoms with van der Waals surface area (Å²) in [6.07, 6.45) is 3.50. The molecule has 0 saturated heterocycles. The third-order valence-electron chi connectivity index (χ3n) is 4.46. The number of amides is 2. The van der Waals surface area contributed by atoms with Crippen molar-refractivity contribution in [3.05, 3.63) is 77.4 Å². The van der Waals surface area contributed by atoms with E-state index in [-0.39, 0.29) is 17.7 Å². The maximum atomic E-state index is 14.1. The number of carbonyl (C=O) groups excluding carboxylic acids is 2. The first-order valence-corrected chi connectivity index (χ1v) is 9.37. The molecule has 2 aromatic carbocycles. The van der Waals surface area contributed by atoms with E-state index in [1.807, 2.05) is 31.2 Å². The quantitative estimate of drug-likeness (QED) is 0.594. The van der Waals surface area contributed by atoms with Crippen molar-refractivity contribution >= 4 is 17.5 Å². The van der Waals surface area contributed by atoms with Crippen molar-refractivity contribution in [2.75, 3.05) is 11.9 Å². The summed E-state index contributed by atoms with van der Waals surface area (Å²) in [5.41, 5.74) is 1.57. The Hall–Kier alpha value is -3.62. The van der Waals surface area contributed by atoms with Crippen molar-refractivity contribution in [1.82, 2.24) is 20.1 Å². The van der Waals surface area contributed by atoms with Crippen LogP contribution in [0.3, 0.4) is 0 Å². The van der Waals surface area contributed by atoms with Gasteiger partial charge < -0.3 is 15.2 Å². The highest BCUT2D eigenvalue weighted by molar-refractivity contribution is 5.97. The molecule has 0 unspecified atom stereocenters. The second-order valence-electron chi connectivity index (χ2n) is 6.80. The van der Waals surface area contributed by atoms with Crippen LogP contribution in [-0.2, 0) is 17.8 Å². The lowest BCUT2D eigenvalue weighted by Gasteiger charge is -2.11. The van der Waals surface area contributed by atoms with E-state index in [1.165, 1.54) is 12.7 Å². The number of carbonyl (C=O) groups is 2. The van der Waals surface area contributed by atoms with E-state index in [0.29, 0.717) is 25.6 Å². The van der Waals surface area contributed by atoms with Gasteiger partial charge in [0.25, 0.3) is 5.91 Å². The minimum atomic E-state index is -0.997. The number of aryl methyl sites for hydroxylation is 2. The lowest BCUT2D eigenvalue weighted by Crippen LogP contribution is -2.27. The fourth-order valence-electron chi connectivity index (χ4n) is 2.77. The molecule has 3 aromatic rings. The van der Waals surface area contributed by atoms with Crippen LogP contribution >= 0.6 is 0 Å². The van der Waals surface area contributed by atoms with Gasteiger partial charge in [0.2, 0.25) is 5.91 Å². The average Bonchev–Trinajstić information content (AvgIpc) is 3.23. The number of aromatic nitrogens is 3. The third-order valence-corrected chi connectivity index (χ3v) is 4.46. The zero-order valence-corrected chi connectivity index (χ0v) is 16.4. The van der Waals surface area contributed by atoms with Gasteiger partial charge in [-0.25, -0.2) is 8.78 Å². The van der Waals surface area contributed by atoms with E-state index in [0.717, 1.165) is 17.2 Å². The van der Waals surface area contributed by atoms with Crippen LogP contribution in [0.4, 0.5) is 14.5 Å². The molecule has 0 atom stereocenters. The number of hydrogen-bond acceptors (Lipinski definition) is 4. The van der Waals surface area contributed by atoms with E-state index in [1.54, 1.807) is 4.57 Å². The summed E-state index contributed by atoms with van der Waals surface area (Å²) in [5.74, 6) is -3.12. The Morgan fingerprint density at radius 3 is 2.43 bits per heavy atom. The minimum absolute atomic E-state index is 0.0347. The molecule has 1 heterocycles. The van der Waals surface area contributed by atoms with Gasteiger partial charge in [-0.05, 0) is 25.0 Å². The zero-order chi connectivity index (χ0) is 21.5. The minimum Gasteiger partial charge on any atom is -0.352 e. The monoisotopic (exact) mass is 413 g/mol. The van der Waals surface area contributed by atoms with Gasteiger partial charge in [0, 0.05) is 25.6 Å². The molecule has 30 heavy (non-hydrogen) atoms. The fourth-order valence-corrected chi connectivity index (χ4v) is 2.77. The molecule has 0 spiro atoms. The van der Waals surface area contributed by atoms with Crippen LogP contribution in [0.15, 0.2) is 49.1 Å². The van der Waals surface area contributed by atoms with Gasteiger partial charge in [0.05, 0.1) is 11.3 Å². The van der Waals surface area contributed by atoms with Crippen molar-refractivity contribution in [2.24, 2.45) is 0 Å². The molecule has 0 aliphatic heterocycles. The Kier molecular flexibility index (Phi) is 6.84. The Morgan fingerprint density at radius 2 is 1.73 bits per heavy atom. The van der Waals surface area contributed by atoms with Gasteiger partial charge in [-0.15, -0.1) is 10.2 Å².